The Morgan fingerprint density at radius 2 is 1.61 bits per heavy atom. The molecule has 3 aromatic rings. The van der Waals surface area contributed by atoms with E-state index in [9.17, 15) is 22.0 Å². The predicted molar refractivity (Wildman–Crippen MR) is 118 cm³/mol. The van der Waals surface area contributed by atoms with E-state index in [4.69, 9.17) is 0 Å². The predicted octanol–water partition coefficient (Wildman–Crippen LogP) is 4.82. The minimum Gasteiger partial charge on any atom is -0.326 e. The van der Waals surface area contributed by atoms with Gasteiger partial charge >= 0.3 is 0 Å². The maximum atomic E-state index is 13.5. The lowest BCUT2D eigenvalue weighted by atomic mass is 10.0. The van der Waals surface area contributed by atoms with Crippen molar-refractivity contribution in [2.75, 3.05) is 22.4 Å². The average molecular weight is 445 g/mol. The van der Waals surface area contributed by atoms with Crippen LogP contribution >= 0.6 is 0 Å². The molecule has 0 spiro atoms. The first-order chi connectivity index (χ1) is 14.8. The molecule has 1 N–H and O–H groups in total. The Morgan fingerprint density at radius 1 is 0.935 bits per heavy atom. The van der Waals surface area contributed by atoms with Crippen molar-refractivity contribution in [2.24, 2.45) is 0 Å². The van der Waals surface area contributed by atoms with Crippen LogP contribution in [0.15, 0.2) is 72.8 Å². The summed E-state index contributed by atoms with van der Waals surface area (Å²) in [6.45, 7) is -0.0440. The molecule has 0 saturated carbocycles. The fourth-order valence-electron chi connectivity index (χ4n) is 3.18. The molecule has 31 heavy (non-hydrogen) atoms. The van der Waals surface area contributed by atoms with Gasteiger partial charge in [0.2, 0.25) is 15.9 Å². The Bertz CT molecular complexity index is 1170. The van der Waals surface area contributed by atoms with Crippen molar-refractivity contribution in [1.29, 1.82) is 0 Å². The highest BCUT2D eigenvalue weighted by atomic mass is 32.2. The molecule has 0 bridgehead atoms. The summed E-state index contributed by atoms with van der Waals surface area (Å²) >= 11 is 0. The third-order valence-electron chi connectivity index (χ3n) is 4.64. The fraction of sp³-hybridized carbons (Fsp3) is 0.174. The maximum absolute atomic E-state index is 13.5. The van der Waals surface area contributed by atoms with Gasteiger partial charge in [0.1, 0.15) is 0 Å². The molecule has 0 fully saturated rings. The largest absolute Gasteiger partial charge is 0.326 e. The molecule has 0 aliphatic rings. The number of nitrogens with one attached hydrogen (secondary N) is 1. The van der Waals surface area contributed by atoms with Crippen LogP contribution in [0, 0.1) is 11.6 Å². The molecular formula is C23H22F2N2O3S. The quantitative estimate of drug-likeness (QED) is 0.542. The number of amides is 1. The molecular weight excluding hydrogens is 422 g/mol. The molecule has 1 amide bonds. The Hall–Kier alpha value is -3.26. The second-order valence-electron chi connectivity index (χ2n) is 7.00. The van der Waals surface area contributed by atoms with E-state index in [2.05, 4.69) is 5.32 Å². The van der Waals surface area contributed by atoms with Gasteiger partial charge in [-0.15, -0.1) is 0 Å². The first kappa shape index (κ1) is 22.4. The smallest absolute Gasteiger partial charge is 0.232 e. The molecule has 0 unspecified atom stereocenters. The zero-order valence-corrected chi connectivity index (χ0v) is 17.7. The minimum absolute atomic E-state index is 0.0104. The third-order valence-corrected chi connectivity index (χ3v) is 5.84. The van der Waals surface area contributed by atoms with Crippen molar-refractivity contribution in [3.05, 3.63) is 84.4 Å². The van der Waals surface area contributed by atoms with Crippen molar-refractivity contribution < 1.29 is 22.0 Å². The number of benzene rings is 3. The molecule has 8 heteroatoms. The highest BCUT2D eigenvalue weighted by Crippen LogP contribution is 2.28. The van der Waals surface area contributed by atoms with Crippen LogP contribution in [0.25, 0.3) is 11.1 Å². The molecule has 0 aromatic heterocycles. The van der Waals surface area contributed by atoms with Gasteiger partial charge in [-0.3, -0.25) is 9.10 Å². The van der Waals surface area contributed by atoms with E-state index in [0.29, 0.717) is 5.69 Å². The number of nitrogens with zero attached hydrogens (tertiary/aromatic N) is 1. The summed E-state index contributed by atoms with van der Waals surface area (Å²) in [5, 5.41) is 2.86. The molecule has 0 radical (unpaired) electrons. The van der Waals surface area contributed by atoms with E-state index in [1.807, 2.05) is 48.5 Å². The van der Waals surface area contributed by atoms with Gasteiger partial charge < -0.3 is 5.32 Å². The number of halogens is 2. The first-order valence-corrected chi connectivity index (χ1v) is 11.5. The average Bonchev–Trinajstić information content (AvgIpc) is 2.73. The van der Waals surface area contributed by atoms with Crippen molar-refractivity contribution in [3.63, 3.8) is 0 Å². The number of sulfonamides is 1. The van der Waals surface area contributed by atoms with Crippen LogP contribution in [-0.4, -0.2) is 27.1 Å². The van der Waals surface area contributed by atoms with Gasteiger partial charge in [0.25, 0.3) is 0 Å². The van der Waals surface area contributed by atoms with Crippen LogP contribution in [0.5, 0.6) is 0 Å². The first-order valence-electron chi connectivity index (χ1n) is 9.63. The monoisotopic (exact) mass is 444 g/mol. The minimum atomic E-state index is -3.73. The highest BCUT2D eigenvalue weighted by molar-refractivity contribution is 7.92. The third kappa shape index (κ3) is 5.88. The lowest BCUT2D eigenvalue weighted by molar-refractivity contribution is -0.116. The van der Waals surface area contributed by atoms with E-state index in [0.717, 1.165) is 33.8 Å². The van der Waals surface area contributed by atoms with Crippen molar-refractivity contribution in [3.8, 4) is 11.1 Å². The van der Waals surface area contributed by atoms with E-state index < -0.39 is 21.7 Å². The molecule has 162 valence electrons. The number of anilines is 2. The molecule has 3 rings (SSSR count). The number of rotatable bonds is 8. The Balaban J connectivity index is 1.66. The molecule has 3 aromatic carbocycles. The van der Waals surface area contributed by atoms with Gasteiger partial charge in [-0.05, 0) is 30.2 Å². The zero-order chi connectivity index (χ0) is 22.4. The molecule has 0 heterocycles. The summed E-state index contributed by atoms with van der Waals surface area (Å²) in [6, 6.07) is 19.9. The van der Waals surface area contributed by atoms with Crippen LogP contribution in [0.4, 0.5) is 20.2 Å². The molecule has 0 saturated heterocycles. The van der Waals surface area contributed by atoms with Gasteiger partial charge in [-0.2, -0.15) is 0 Å². The van der Waals surface area contributed by atoms with Crippen LogP contribution < -0.4 is 9.62 Å². The standard InChI is InChI=1S/C23H22F2N2O3S/c1-31(29,30)27(18-13-14-20(24)21(25)16-18)15-7-12-23(28)26-22-11-6-5-10-19(22)17-8-3-2-4-9-17/h2-6,8-11,13-14,16H,7,12,15H2,1H3,(H,26,28). The van der Waals surface area contributed by atoms with Crippen molar-refractivity contribution >= 4 is 27.3 Å². The van der Waals surface area contributed by atoms with Crippen LogP contribution in [0.3, 0.4) is 0 Å². The van der Waals surface area contributed by atoms with E-state index in [1.54, 1.807) is 6.07 Å². The summed E-state index contributed by atoms with van der Waals surface area (Å²) in [5.74, 6) is -2.47. The Labute approximate surface area is 180 Å². The molecule has 0 aliphatic carbocycles. The number of hydrogen-bond donors (Lipinski definition) is 1. The summed E-state index contributed by atoms with van der Waals surface area (Å²) in [4.78, 5) is 12.5. The Kier molecular flexibility index (Phi) is 7.02. The summed E-state index contributed by atoms with van der Waals surface area (Å²) in [5.41, 5.74) is 2.49. The number of carbonyl (C=O) groups excluding carboxylic acids is 1. The van der Waals surface area contributed by atoms with E-state index in [-0.39, 0.29) is 31.0 Å². The lowest BCUT2D eigenvalue weighted by Gasteiger charge is -2.22. The van der Waals surface area contributed by atoms with Crippen LogP contribution in [-0.2, 0) is 14.8 Å². The molecule has 0 aliphatic heterocycles. The second kappa shape index (κ2) is 9.70. The van der Waals surface area contributed by atoms with E-state index in [1.165, 1.54) is 6.07 Å². The SMILES string of the molecule is CS(=O)(=O)N(CCCC(=O)Nc1ccccc1-c1ccccc1)c1ccc(F)c(F)c1. The summed E-state index contributed by atoms with van der Waals surface area (Å²) in [7, 11) is -3.73. The number of para-hydroxylation sites is 1. The van der Waals surface area contributed by atoms with Gasteiger partial charge in [0, 0.05) is 30.3 Å². The lowest BCUT2D eigenvalue weighted by Crippen LogP contribution is -2.31. The Morgan fingerprint density at radius 3 is 2.29 bits per heavy atom. The zero-order valence-electron chi connectivity index (χ0n) is 16.9. The van der Waals surface area contributed by atoms with Gasteiger partial charge in [-0.25, -0.2) is 17.2 Å². The van der Waals surface area contributed by atoms with Crippen molar-refractivity contribution in [2.45, 2.75) is 12.8 Å². The number of hydrogen-bond acceptors (Lipinski definition) is 3. The number of carbonyl (C=O) groups is 1. The normalized spacial score (nSPS) is 11.2. The summed E-state index contributed by atoms with van der Waals surface area (Å²) in [6.07, 6.45) is 1.23. The van der Waals surface area contributed by atoms with E-state index >= 15 is 0 Å². The highest BCUT2D eigenvalue weighted by Gasteiger charge is 2.19. The van der Waals surface area contributed by atoms with Crippen molar-refractivity contribution in [1.82, 2.24) is 0 Å². The second-order valence-corrected chi connectivity index (χ2v) is 8.90. The topological polar surface area (TPSA) is 66.5 Å². The van der Waals surface area contributed by atoms with Crippen LogP contribution in [0.2, 0.25) is 0 Å². The summed E-state index contributed by atoms with van der Waals surface area (Å²) < 4.78 is 51.9. The molecule has 5 nitrogen and oxygen atoms in total. The van der Waals surface area contributed by atoms with Crippen LogP contribution in [0.1, 0.15) is 12.8 Å². The fourth-order valence-corrected chi connectivity index (χ4v) is 4.14. The maximum Gasteiger partial charge on any atom is 0.232 e. The molecule has 0 atom stereocenters. The van der Waals surface area contributed by atoms with Gasteiger partial charge in [0.15, 0.2) is 11.6 Å². The van der Waals surface area contributed by atoms with Gasteiger partial charge in [-0.1, -0.05) is 48.5 Å². The van der Waals surface area contributed by atoms with Gasteiger partial charge in [0.05, 0.1) is 11.9 Å².